The molecule has 1 atom stereocenters. The van der Waals surface area contributed by atoms with E-state index in [0.29, 0.717) is 0 Å². The van der Waals surface area contributed by atoms with Crippen molar-refractivity contribution < 1.29 is 36.5 Å². The molecule has 0 aliphatic carbocycles. The number of hydrogen-bond donors (Lipinski definition) is 2. The van der Waals surface area contributed by atoms with Crippen LogP contribution >= 0.6 is 0 Å². The van der Waals surface area contributed by atoms with Crippen molar-refractivity contribution in [1.82, 2.24) is 5.32 Å². The fourth-order valence-electron chi connectivity index (χ4n) is 1.26. The molecule has 1 aromatic rings. The van der Waals surface area contributed by atoms with Crippen molar-refractivity contribution in [2.75, 3.05) is 12.3 Å². The van der Waals surface area contributed by atoms with E-state index in [9.17, 15) is 31.4 Å². The van der Waals surface area contributed by atoms with Gasteiger partial charge in [0.25, 0.3) is 0 Å². The monoisotopic (exact) mass is 327 g/mol. The van der Waals surface area contributed by atoms with Crippen LogP contribution in [0.25, 0.3) is 0 Å². The second-order valence-corrected chi connectivity index (χ2v) is 5.25. The average molecular weight is 327 g/mol. The second-order valence-electron chi connectivity index (χ2n) is 3.83. The maximum atomic E-state index is 13.4. The summed E-state index contributed by atoms with van der Waals surface area (Å²) in [5.74, 6) is -4.50. The largest absolute Gasteiger partial charge is 0.478 e. The molecule has 0 spiro atoms. The van der Waals surface area contributed by atoms with E-state index in [2.05, 4.69) is 0 Å². The highest BCUT2D eigenvalue weighted by molar-refractivity contribution is 7.85. The van der Waals surface area contributed by atoms with Crippen LogP contribution < -0.4 is 5.32 Å². The number of benzene rings is 1. The van der Waals surface area contributed by atoms with Crippen LogP contribution in [0, 0.1) is 5.82 Å². The first-order valence-electron chi connectivity index (χ1n) is 5.35. The molecule has 2 N–H and O–H groups in total. The maximum Gasteiger partial charge on any atom is 0.405 e. The summed E-state index contributed by atoms with van der Waals surface area (Å²) in [6, 6.07) is 2.46. The van der Waals surface area contributed by atoms with Gasteiger partial charge in [-0.1, -0.05) is 0 Å². The Bertz CT molecular complexity index is 588. The minimum absolute atomic E-state index is 0.351. The highest BCUT2D eigenvalue weighted by atomic mass is 32.2. The Morgan fingerprint density at radius 3 is 2.43 bits per heavy atom. The SMILES string of the molecule is O=C(CS(=O)c1cc(C(=O)O)ccc1F)NCC(F)(F)F. The van der Waals surface area contributed by atoms with E-state index in [1.54, 1.807) is 0 Å². The van der Waals surface area contributed by atoms with Crippen molar-refractivity contribution in [2.45, 2.75) is 11.1 Å². The minimum Gasteiger partial charge on any atom is -0.478 e. The van der Waals surface area contributed by atoms with Gasteiger partial charge in [-0.3, -0.25) is 9.00 Å². The van der Waals surface area contributed by atoms with Crippen molar-refractivity contribution in [3.8, 4) is 0 Å². The van der Waals surface area contributed by atoms with Gasteiger partial charge in [-0.05, 0) is 18.2 Å². The third-order valence-corrected chi connectivity index (χ3v) is 3.50. The van der Waals surface area contributed by atoms with E-state index >= 15 is 0 Å². The van der Waals surface area contributed by atoms with E-state index in [1.165, 1.54) is 5.32 Å². The summed E-state index contributed by atoms with van der Waals surface area (Å²) >= 11 is 0. The first-order valence-corrected chi connectivity index (χ1v) is 6.66. The molecule has 1 amide bonds. The molecule has 116 valence electrons. The Balaban J connectivity index is 2.78. The topological polar surface area (TPSA) is 83.5 Å². The van der Waals surface area contributed by atoms with E-state index in [-0.39, 0.29) is 5.56 Å². The number of carboxylic acid groups (broad SMARTS) is 1. The van der Waals surface area contributed by atoms with Gasteiger partial charge in [0.05, 0.1) is 21.3 Å². The zero-order valence-corrected chi connectivity index (χ0v) is 11.1. The molecule has 0 heterocycles. The normalized spacial score (nSPS) is 12.8. The molecule has 1 unspecified atom stereocenters. The van der Waals surface area contributed by atoms with E-state index in [0.717, 1.165) is 18.2 Å². The van der Waals surface area contributed by atoms with Gasteiger partial charge in [0.1, 0.15) is 18.1 Å². The molecular weight excluding hydrogens is 318 g/mol. The van der Waals surface area contributed by atoms with Gasteiger partial charge in [-0.25, -0.2) is 9.18 Å². The average Bonchev–Trinajstić information content (AvgIpc) is 2.35. The Morgan fingerprint density at radius 2 is 1.90 bits per heavy atom. The molecule has 0 aliphatic heterocycles. The lowest BCUT2D eigenvalue weighted by molar-refractivity contribution is -0.136. The second kappa shape index (κ2) is 6.66. The van der Waals surface area contributed by atoms with Gasteiger partial charge in [0, 0.05) is 0 Å². The van der Waals surface area contributed by atoms with Crippen LogP contribution in [0.2, 0.25) is 0 Å². The summed E-state index contributed by atoms with van der Waals surface area (Å²) in [5, 5.41) is 10.2. The Morgan fingerprint density at radius 1 is 1.29 bits per heavy atom. The van der Waals surface area contributed by atoms with Crippen LogP contribution in [-0.2, 0) is 15.6 Å². The van der Waals surface area contributed by atoms with E-state index < -0.39 is 51.9 Å². The molecule has 0 bridgehead atoms. The number of amides is 1. The number of nitrogens with one attached hydrogen (secondary N) is 1. The molecule has 0 fully saturated rings. The van der Waals surface area contributed by atoms with Gasteiger partial charge >= 0.3 is 12.1 Å². The number of aromatic carboxylic acids is 1. The van der Waals surface area contributed by atoms with Gasteiger partial charge < -0.3 is 10.4 Å². The fourth-order valence-corrected chi connectivity index (χ4v) is 2.30. The van der Waals surface area contributed by atoms with Crippen LogP contribution in [0.5, 0.6) is 0 Å². The number of halogens is 4. The lowest BCUT2D eigenvalue weighted by atomic mass is 10.2. The molecule has 0 saturated heterocycles. The molecule has 5 nitrogen and oxygen atoms in total. The molecule has 1 aromatic carbocycles. The number of hydrogen-bond acceptors (Lipinski definition) is 3. The Hall–Kier alpha value is -1.97. The van der Waals surface area contributed by atoms with E-state index in [1.807, 2.05) is 0 Å². The van der Waals surface area contributed by atoms with Crippen LogP contribution in [0.15, 0.2) is 23.1 Å². The number of alkyl halides is 3. The predicted molar refractivity (Wildman–Crippen MR) is 63.7 cm³/mol. The number of carbonyl (C=O) groups is 2. The first-order chi connectivity index (χ1) is 9.60. The summed E-state index contributed by atoms with van der Waals surface area (Å²) in [6.07, 6.45) is -4.62. The zero-order chi connectivity index (χ0) is 16.2. The van der Waals surface area contributed by atoms with Gasteiger partial charge in [0.2, 0.25) is 5.91 Å². The van der Waals surface area contributed by atoms with Crippen LogP contribution in [-0.4, -0.2) is 39.7 Å². The molecule has 0 radical (unpaired) electrons. The van der Waals surface area contributed by atoms with Crippen molar-refractivity contribution in [3.63, 3.8) is 0 Å². The van der Waals surface area contributed by atoms with Crippen LogP contribution in [0.3, 0.4) is 0 Å². The van der Waals surface area contributed by atoms with Crippen molar-refractivity contribution >= 4 is 22.7 Å². The molecule has 0 aliphatic rings. The molecule has 0 saturated carbocycles. The standard InChI is InChI=1S/C11H9F4NO4S/c12-7-2-1-6(10(18)19)3-8(7)21(20)4-9(17)16-5-11(13,14)15/h1-3H,4-5H2,(H,16,17)(H,18,19). The summed E-state index contributed by atoms with van der Waals surface area (Å²) < 4.78 is 60.7. The molecule has 0 aromatic heterocycles. The lowest BCUT2D eigenvalue weighted by Gasteiger charge is -2.08. The smallest absolute Gasteiger partial charge is 0.405 e. The summed E-state index contributed by atoms with van der Waals surface area (Å²) in [7, 11) is -2.30. The van der Waals surface area contributed by atoms with E-state index in [4.69, 9.17) is 5.11 Å². The molecular formula is C11H9F4NO4S. The third kappa shape index (κ3) is 5.50. The molecule has 10 heteroatoms. The first kappa shape index (κ1) is 17.1. The number of carbonyl (C=O) groups excluding carboxylic acids is 1. The summed E-state index contributed by atoms with van der Waals surface area (Å²) in [4.78, 5) is 21.3. The summed E-state index contributed by atoms with van der Waals surface area (Å²) in [6.45, 7) is -1.60. The maximum absolute atomic E-state index is 13.4. The van der Waals surface area contributed by atoms with Crippen molar-refractivity contribution in [2.24, 2.45) is 0 Å². The quantitative estimate of drug-likeness (QED) is 0.799. The highest BCUT2D eigenvalue weighted by Gasteiger charge is 2.28. The molecule has 1 rings (SSSR count). The minimum atomic E-state index is -4.62. The van der Waals surface area contributed by atoms with Crippen molar-refractivity contribution in [3.05, 3.63) is 29.6 Å². The third-order valence-electron chi connectivity index (χ3n) is 2.17. The van der Waals surface area contributed by atoms with Gasteiger partial charge in [0.15, 0.2) is 0 Å². The Kier molecular flexibility index (Phi) is 5.41. The fraction of sp³-hybridized carbons (Fsp3) is 0.273. The van der Waals surface area contributed by atoms with Crippen molar-refractivity contribution in [1.29, 1.82) is 0 Å². The van der Waals surface area contributed by atoms with Gasteiger partial charge in [-0.2, -0.15) is 13.2 Å². The highest BCUT2D eigenvalue weighted by Crippen LogP contribution is 2.16. The van der Waals surface area contributed by atoms with Crippen LogP contribution in [0.4, 0.5) is 17.6 Å². The summed E-state index contributed by atoms with van der Waals surface area (Å²) in [5.41, 5.74) is -0.351. The number of rotatable bonds is 5. The van der Waals surface area contributed by atoms with Gasteiger partial charge in [-0.15, -0.1) is 0 Å². The van der Waals surface area contributed by atoms with Crippen LogP contribution in [0.1, 0.15) is 10.4 Å². The Labute approximate surface area is 118 Å². The zero-order valence-electron chi connectivity index (χ0n) is 10.2. The molecule has 21 heavy (non-hydrogen) atoms. The lowest BCUT2D eigenvalue weighted by Crippen LogP contribution is -2.36. The number of carboxylic acids is 1. The predicted octanol–water partition coefficient (Wildman–Crippen LogP) is 1.31.